The number of piperidine rings is 1. The molecule has 2 atom stereocenters. The van der Waals surface area contributed by atoms with Crippen molar-refractivity contribution in [2.75, 3.05) is 19.6 Å². The van der Waals surface area contributed by atoms with Gasteiger partial charge >= 0.3 is 5.97 Å². The van der Waals surface area contributed by atoms with Gasteiger partial charge in [0, 0.05) is 6.04 Å². The van der Waals surface area contributed by atoms with Gasteiger partial charge in [0.05, 0.1) is 0 Å². The zero-order chi connectivity index (χ0) is 14.0. The first-order chi connectivity index (χ1) is 8.90. The van der Waals surface area contributed by atoms with E-state index in [1.807, 2.05) is 6.92 Å². The maximum absolute atomic E-state index is 11.2. The average Bonchev–Trinajstić information content (AvgIpc) is 2.73. The topological polar surface area (TPSA) is 52.6 Å². The van der Waals surface area contributed by atoms with Crippen molar-refractivity contribution < 1.29 is 9.90 Å². The van der Waals surface area contributed by atoms with Crippen LogP contribution < -0.4 is 5.32 Å². The Morgan fingerprint density at radius 2 is 2.00 bits per heavy atom. The normalized spacial score (nSPS) is 34.0. The maximum Gasteiger partial charge on any atom is 0.323 e. The summed E-state index contributed by atoms with van der Waals surface area (Å²) >= 11 is 0. The van der Waals surface area contributed by atoms with Crippen LogP contribution in [0.4, 0.5) is 0 Å². The molecule has 2 aliphatic heterocycles. The quantitative estimate of drug-likeness (QED) is 0.818. The first-order valence-corrected chi connectivity index (χ1v) is 7.63. The van der Waals surface area contributed by atoms with Gasteiger partial charge < -0.3 is 15.3 Å². The first-order valence-electron chi connectivity index (χ1n) is 7.63. The van der Waals surface area contributed by atoms with E-state index < -0.39 is 11.5 Å². The van der Waals surface area contributed by atoms with Crippen LogP contribution in [0.15, 0.2) is 0 Å². The highest BCUT2D eigenvalue weighted by Crippen LogP contribution is 2.32. The fourth-order valence-electron chi connectivity index (χ4n) is 3.60. The summed E-state index contributed by atoms with van der Waals surface area (Å²) in [6.45, 7) is 9.63. The summed E-state index contributed by atoms with van der Waals surface area (Å²) in [5.41, 5.74) is -0.691. The van der Waals surface area contributed by atoms with Crippen LogP contribution >= 0.6 is 0 Å². The molecule has 2 aliphatic rings. The van der Waals surface area contributed by atoms with E-state index in [2.05, 4.69) is 24.1 Å². The van der Waals surface area contributed by atoms with E-state index in [0.717, 1.165) is 18.9 Å². The number of likely N-dealkylation sites (tertiary alicyclic amines) is 1. The Morgan fingerprint density at radius 3 is 2.47 bits per heavy atom. The molecule has 0 amide bonds. The molecule has 19 heavy (non-hydrogen) atoms. The molecule has 0 radical (unpaired) electrons. The molecular weight excluding hydrogens is 240 g/mol. The zero-order valence-electron chi connectivity index (χ0n) is 12.5. The van der Waals surface area contributed by atoms with E-state index in [-0.39, 0.29) is 0 Å². The summed E-state index contributed by atoms with van der Waals surface area (Å²) in [4.78, 5) is 13.8. The summed E-state index contributed by atoms with van der Waals surface area (Å²) in [6.07, 6.45) is 4.53. The van der Waals surface area contributed by atoms with Crippen molar-refractivity contribution in [3.05, 3.63) is 0 Å². The van der Waals surface area contributed by atoms with Crippen molar-refractivity contribution in [1.29, 1.82) is 0 Å². The van der Waals surface area contributed by atoms with Gasteiger partial charge in [0.2, 0.25) is 0 Å². The Labute approximate surface area is 116 Å². The van der Waals surface area contributed by atoms with E-state index in [9.17, 15) is 9.90 Å². The minimum atomic E-state index is -0.704. The Hall–Kier alpha value is -0.610. The van der Waals surface area contributed by atoms with Gasteiger partial charge in [-0.05, 0) is 77.9 Å². The van der Waals surface area contributed by atoms with E-state index in [1.54, 1.807) is 0 Å². The summed E-state index contributed by atoms with van der Waals surface area (Å²) in [5, 5.41) is 12.4. The van der Waals surface area contributed by atoms with Crippen LogP contribution in [-0.4, -0.2) is 47.2 Å². The van der Waals surface area contributed by atoms with Gasteiger partial charge in [-0.2, -0.15) is 0 Å². The summed E-state index contributed by atoms with van der Waals surface area (Å²) in [7, 11) is 0. The van der Waals surface area contributed by atoms with Gasteiger partial charge in [-0.3, -0.25) is 4.79 Å². The van der Waals surface area contributed by atoms with Crippen molar-refractivity contribution in [2.45, 2.75) is 58.0 Å². The monoisotopic (exact) mass is 268 g/mol. The minimum Gasteiger partial charge on any atom is -0.480 e. The number of carbonyl (C=O) groups is 1. The number of nitrogens with one attached hydrogen (secondary N) is 1. The van der Waals surface area contributed by atoms with Gasteiger partial charge in [0.1, 0.15) is 5.54 Å². The number of rotatable bonds is 4. The SMILES string of the molecule is CC(C)N1CCC(CC2CNC(C)(C(=O)O)C2)CC1. The number of hydrogen-bond donors (Lipinski definition) is 2. The number of carboxylic acids is 1. The largest absolute Gasteiger partial charge is 0.480 e. The molecular formula is C15H28N2O2. The van der Waals surface area contributed by atoms with E-state index in [4.69, 9.17) is 0 Å². The Morgan fingerprint density at radius 1 is 1.37 bits per heavy atom. The highest BCUT2D eigenvalue weighted by Gasteiger charge is 2.41. The maximum atomic E-state index is 11.2. The van der Waals surface area contributed by atoms with Crippen LogP contribution in [0.3, 0.4) is 0 Å². The zero-order valence-corrected chi connectivity index (χ0v) is 12.5. The van der Waals surface area contributed by atoms with E-state index in [1.165, 1.54) is 32.4 Å². The second kappa shape index (κ2) is 5.80. The van der Waals surface area contributed by atoms with Gasteiger partial charge in [-0.25, -0.2) is 0 Å². The van der Waals surface area contributed by atoms with E-state index in [0.29, 0.717) is 12.0 Å². The Bertz CT molecular complexity index is 324. The van der Waals surface area contributed by atoms with Crippen LogP contribution in [0.2, 0.25) is 0 Å². The van der Waals surface area contributed by atoms with E-state index >= 15 is 0 Å². The van der Waals surface area contributed by atoms with Crippen molar-refractivity contribution in [3.63, 3.8) is 0 Å². The number of carboxylic acid groups (broad SMARTS) is 1. The molecule has 2 fully saturated rings. The fourth-order valence-corrected chi connectivity index (χ4v) is 3.60. The third-order valence-corrected chi connectivity index (χ3v) is 5.00. The number of nitrogens with zero attached hydrogens (tertiary/aromatic N) is 1. The first kappa shape index (κ1) is 14.8. The molecule has 2 N–H and O–H groups in total. The van der Waals surface area contributed by atoms with Gasteiger partial charge in [0.15, 0.2) is 0 Å². The van der Waals surface area contributed by atoms with Crippen molar-refractivity contribution >= 4 is 5.97 Å². The lowest BCUT2D eigenvalue weighted by Crippen LogP contribution is -2.44. The lowest BCUT2D eigenvalue weighted by atomic mass is 9.84. The third-order valence-electron chi connectivity index (χ3n) is 5.00. The molecule has 0 aliphatic carbocycles. The van der Waals surface area contributed by atoms with Crippen molar-refractivity contribution in [2.24, 2.45) is 11.8 Å². The second-order valence-corrected chi connectivity index (χ2v) is 6.90. The Balaban J connectivity index is 1.77. The van der Waals surface area contributed by atoms with Crippen LogP contribution in [0, 0.1) is 11.8 Å². The summed E-state index contributed by atoms with van der Waals surface area (Å²) in [5.74, 6) is 0.624. The van der Waals surface area contributed by atoms with Crippen LogP contribution in [-0.2, 0) is 4.79 Å². The lowest BCUT2D eigenvalue weighted by molar-refractivity contribution is -0.143. The lowest BCUT2D eigenvalue weighted by Gasteiger charge is -2.35. The third kappa shape index (κ3) is 3.48. The molecule has 0 aromatic carbocycles. The van der Waals surface area contributed by atoms with Gasteiger partial charge in [-0.1, -0.05) is 0 Å². The van der Waals surface area contributed by atoms with Crippen molar-refractivity contribution in [1.82, 2.24) is 10.2 Å². The standard InChI is InChI=1S/C15H28N2O2/c1-11(2)17-6-4-12(5-7-17)8-13-9-15(3,14(18)19)16-10-13/h11-13,16H,4-10H2,1-3H3,(H,18,19). The number of aliphatic carboxylic acids is 1. The Kier molecular flexibility index (Phi) is 4.51. The predicted octanol–water partition coefficient (Wildman–Crippen LogP) is 1.95. The molecule has 4 heteroatoms. The molecule has 2 rings (SSSR count). The molecule has 0 aromatic heterocycles. The molecule has 110 valence electrons. The summed E-state index contributed by atoms with van der Waals surface area (Å²) in [6, 6.07) is 0.657. The average molecular weight is 268 g/mol. The second-order valence-electron chi connectivity index (χ2n) is 6.90. The molecule has 0 aromatic rings. The fraction of sp³-hybridized carbons (Fsp3) is 0.933. The van der Waals surface area contributed by atoms with Crippen LogP contribution in [0.25, 0.3) is 0 Å². The molecule has 4 nitrogen and oxygen atoms in total. The molecule has 2 saturated heterocycles. The highest BCUT2D eigenvalue weighted by atomic mass is 16.4. The number of hydrogen-bond acceptors (Lipinski definition) is 3. The van der Waals surface area contributed by atoms with Gasteiger partial charge in [-0.15, -0.1) is 0 Å². The highest BCUT2D eigenvalue weighted by molar-refractivity contribution is 5.78. The van der Waals surface area contributed by atoms with Crippen LogP contribution in [0.5, 0.6) is 0 Å². The van der Waals surface area contributed by atoms with Gasteiger partial charge in [0.25, 0.3) is 0 Å². The smallest absolute Gasteiger partial charge is 0.323 e. The van der Waals surface area contributed by atoms with Crippen LogP contribution in [0.1, 0.15) is 46.5 Å². The summed E-state index contributed by atoms with van der Waals surface area (Å²) < 4.78 is 0. The molecule has 2 unspecified atom stereocenters. The molecule has 0 saturated carbocycles. The minimum absolute atomic E-state index is 0.539. The predicted molar refractivity (Wildman–Crippen MR) is 76.2 cm³/mol. The molecule has 0 bridgehead atoms. The molecule has 2 heterocycles. The van der Waals surface area contributed by atoms with Crippen molar-refractivity contribution in [3.8, 4) is 0 Å². The molecule has 0 spiro atoms.